The number of nitrogens with zero attached hydrogens (tertiary/aromatic N) is 4. The van der Waals surface area contributed by atoms with Crippen LogP contribution in [-0.2, 0) is 9.47 Å². The number of rotatable bonds is 7. The quantitative estimate of drug-likeness (QED) is 0.421. The molecular formula is C29H42F2N6O4. The highest BCUT2D eigenvalue weighted by atomic mass is 19.1. The molecule has 12 heteroatoms. The minimum absolute atomic E-state index is 0. The van der Waals surface area contributed by atoms with Crippen molar-refractivity contribution in [2.45, 2.75) is 59.0 Å². The van der Waals surface area contributed by atoms with Gasteiger partial charge in [0.2, 0.25) is 5.95 Å². The van der Waals surface area contributed by atoms with E-state index >= 15 is 0 Å². The van der Waals surface area contributed by atoms with Crippen LogP contribution < -0.4 is 26.4 Å². The highest BCUT2D eigenvalue weighted by Gasteiger charge is 2.20. The summed E-state index contributed by atoms with van der Waals surface area (Å²) < 4.78 is 44.9. The Balaban J connectivity index is 0.000000506. The standard InChI is InChI=1S/C23H27F2N5O3.C5H11NO.CH4/c1-14(2)13-29(3)30-21-15(12-26-23(28-21)27-17-6-8-32-9-7-17)10-20(22(30)31)33-19-5-4-16(24)11-18(19)25;6-5-1-3-7-4-2-5;/h4-5,10-12,14,17H,6-9,13H2,1-3H3,(H,26,27,28);5H,1-4,6H2;1H4. The van der Waals surface area contributed by atoms with Crippen LogP contribution in [0.15, 0.2) is 35.3 Å². The minimum Gasteiger partial charge on any atom is -0.448 e. The molecule has 0 spiro atoms. The van der Waals surface area contributed by atoms with Crippen LogP contribution in [0.5, 0.6) is 11.5 Å². The van der Waals surface area contributed by atoms with Crippen LogP contribution in [0.1, 0.15) is 47.0 Å². The molecule has 0 aliphatic carbocycles. The van der Waals surface area contributed by atoms with Gasteiger partial charge in [-0.15, -0.1) is 0 Å². The van der Waals surface area contributed by atoms with E-state index in [1.807, 2.05) is 13.8 Å². The van der Waals surface area contributed by atoms with Gasteiger partial charge in [-0.25, -0.2) is 13.8 Å². The third-order valence-corrected chi connectivity index (χ3v) is 6.59. The summed E-state index contributed by atoms with van der Waals surface area (Å²) in [6.07, 6.45) is 5.37. The van der Waals surface area contributed by atoms with Crippen LogP contribution in [0.4, 0.5) is 14.7 Å². The fraction of sp³-hybridized carbons (Fsp3) is 0.552. The summed E-state index contributed by atoms with van der Waals surface area (Å²) in [6, 6.07) is 4.99. The van der Waals surface area contributed by atoms with Crippen molar-refractivity contribution in [3.63, 3.8) is 0 Å². The molecule has 2 aliphatic heterocycles. The number of anilines is 1. The molecule has 2 fully saturated rings. The number of nitrogens with two attached hydrogens (primary N) is 1. The summed E-state index contributed by atoms with van der Waals surface area (Å²) in [4.78, 5) is 22.4. The summed E-state index contributed by atoms with van der Waals surface area (Å²) in [5.41, 5.74) is 5.45. The van der Waals surface area contributed by atoms with Crippen molar-refractivity contribution in [2.24, 2.45) is 11.7 Å². The van der Waals surface area contributed by atoms with Gasteiger partial charge in [0.25, 0.3) is 0 Å². The molecule has 4 heterocycles. The number of hydrogen-bond donors (Lipinski definition) is 2. The fourth-order valence-electron chi connectivity index (χ4n) is 4.54. The normalized spacial score (nSPS) is 16.1. The van der Waals surface area contributed by atoms with Gasteiger partial charge in [-0.05, 0) is 49.8 Å². The Morgan fingerprint density at radius 3 is 2.34 bits per heavy atom. The fourth-order valence-corrected chi connectivity index (χ4v) is 4.54. The molecule has 0 radical (unpaired) electrons. The van der Waals surface area contributed by atoms with Crippen molar-refractivity contribution >= 4 is 17.0 Å². The van der Waals surface area contributed by atoms with E-state index < -0.39 is 17.2 Å². The maximum absolute atomic E-state index is 14.2. The average Bonchev–Trinajstić information content (AvgIpc) is 2.92. The molecule has 2 aliphatic rings. The summed E-state index contributed by atoms with van der Waals surface area (Å²) in [5, 5.41) is 5.60. The molecule has 10 nitrogen and oxygen atoms in total. The first-order valence-corrected chi connectivity index (χ1v) is 13.7. The van der Waals surface area contributed by atoms with Crippen molar-refractivity contribution < 1.29 is 23.0 Å². The first-order chi connectivity index (χ1) is 19.2. The van der Waals surface area contributed by atoms with Crippen molar-refractivity contribution in [3.05, 3.63) is 52.5 Å². The number of aromatic nitrogens is 3. The number of fused-ring (bicyclic) bond motifs is 1. The van der Waals surface area contributed by atoms with Gasteiger partial charge < -0.3 is 30.3 Å². The zero-order chi connectivity index (χ0) is 28.6. The second-order valence-corrected chi connectivity index (χ2v) is 10.5. The van der Waals surface area contributed by atoms with Gasteiger partial charge in [0.1, 0.15) is 5.82 Å². The van der Waals surface area contributed by atoms with E-state index in [0.717, 1.165) is 51.0 Å². The summed E-state index contributed by atoms with van der Waals surface area (Å²) in [7, 11) is 1.77. The monoisotopic (exact) mass is 576 g/mol. The lowest BCUT2D eigenvalue weighted by Gasteiger charge is -2.26. The lowest BCUT2D eigenvalue weighted by molar-refractivity contribution is 0.0866. The van der Waals surface area contributed by atoms with E-state index in [1.165, 1.54) is 10.7 Å². The van der Waals surface area contributed by atoms with Gasteiger partial charge in [-0.1, -0.05) is 21.3 Å². The molecule has 0 unspecified atom stereocenters. The molecule has 5 rings (SSSR count). The van der Waals surface area contributed by atoms with Crippen LogP contribution >= 0.6 is 0 Å². The molecular weight excluding hydrogens is 534 g/mol. The Bertz CT molecular complexity index is 1330. The average molecular weight is 577 g/mol. The predicted octanol–water partition coefficient (Wildman–Crippen LogP) is 4.44. The molecule has 2 aromatic heterocycles. The molecule has 41 heavy (non-hydrogen) atoms. The lowest BCUT2D eigenvalue weighted by atomic mass is 10.1. The number of pyridine rings is 1. The zero-order valence-corrected chi connectivity index (χ0v) is 23.2. The Hall–Kier alpha value is -3.35. The van der Waals surface area contributed by atoms with Crippen LogP contribution in [0.25, 0.3) is 11.0 Å². The van der Waals surface area contributed by atoms with Crippen LogP contribution in [0.2, 0.25) is 0 Å². The molecule has 1 aromatic carbocycles. The summed E-state index contributed by atoms with van der Waals surface area (Å²) in [5.74, 6) is -1.31. The maximum Gasteiger partial charge on any atom is 0.313 e. The third-order valence-electron chi connectivity index (χ3n) is 6.59. The van der Waals surface area contributed by atoms with Gasteiger partial charge in [0, 0.05) is 69.8 Å². The Labute approximate surface area is 239 Å². The van der Waals surface area contributed by atoms with E-state index in [-0.39, 0.29) is 30.9 Å². The van der Waals surface area contributed by atoms with Gasteiger partial charge in [0.05, 0.1) is 0 Å². The first kappa shape index (κ1) is 32.2. The molecule has 3 N–H and O–H groups in total. The lowest BCUT2D eigenvalue weighted by Crippen LogP contribution is -2.42. The largest absolute Gasteiger partial charge is 0.448 e. The number of hydrogen-bond acceptors (Lipinski definition) is 9. The van der Waals surface area contributed by atoms with Crippen LogP contribution in [0, 0.1) is 17.6 Å². The molecule has 0 saturated carbocycles. The van der Waals surface area contributed by atoms with Crippen molar-refractivity contribution in [3.8, 4) is 11.5 Å². The van der Waals surface area contributed by atoms with Crippen LogP contribution in [0.3, 0.4) is 0 Å². The molecule has 2 saturated heterocycles. The van der Waals surface area contributed by atoms with Gasteiger partial charge in [-0.2, -0.15) is 9.66 Å². The van der Waals surface area contributed by atoms with E-state index in [2.05, 4.69) is 15.3 Å². The topological polar surface area (TPSA) is 117 Å². The maximum atomic E-state index is 14.2. The van der Waals surface area contributed by atoms with Crippen molar-refractivity contribution in [1.29, 1.82) is 0 Å². The Morgan fingerprint density at radius 1 is 1.10 bits per heavy atom. The van der Waals surface area contributed by atoms with Crippen molar-refractivity contribution in [2.75, 3.05) is 50.3 Å². The molecule has 226 valence electrons. The highest BCUT2D eigenvalue weighted by molar-refractivity contribution is 5.77. The van der Waals surface area contributed by atoms with Gasteiger partial charge in [-0.3, -0.25) is 4.79 Å². The molecule has 0 atom stereocenters. The second kappa shape index (κ2) is 15.0. The highest BCUT2D eigenvalue weighted by Crippen LogP contribution is 2.25. The predicted molar refractivity (Wildman–Crippen MR) is 156 cm³/mol. The molecule has 3 aromatic rings. The van der Waals surface area contributed by atoms with Crippen molar-refractivity contribution in [1.82, 2.24) is 14.6 Å². The molecule has 0 bridgehead atoms. The summed E-state index contributed by atoms with van der Waals surface area (Å²) in [6.45, 7) is 7.70. The Morgan fingerprint density at radius 2 is 1.76 bits per heavy atom. The molecule has 0 amide bonds. The SMILES string of the molecule is C.CC(C)CN(C)n1c(=O)c(Oc2ccc(F)cc2F)cc2cnc(NC3CCOCC3)nc21.NC1CCOCC1. The number of halogens is 2. The summed E-state index contributed by atoms with van der Waals surface area (Å²) >= 11 is 0. The van der Waals surface area contributed by atoms with E-state index in [1.54, 1.807) is 18.3 Å². The number of ether oxygens (including phenoxy) is 3. The van der Waals surface area contributed by atoms with E-state index in [9.17, 15) is 13.6 Å². The second-order valence-electron chi connectivity index (χ2n) is 10.5. The van der Waals surface area contributed by atoms with E-state index in [0.29, 0.717) is 48.8 Å². The van der Waals surface area contributed by atoms with Gasteiger partial charge in [0.15, 0.2) is 23.0 Å². The first-order valence-electron chi connectivity index (χ1n) is 13.7. The van der Waals surface area contributed by atoms with Gasteiger partial charge >= 0.3 is 5.56 Å². The van der Waals surface area contributed by atoms with Crippen LogP contribution in [-0.4, -0.2) is 66.7 Å². The minimum atomic E-state index is -0.899. The van der Waals surface area contributed by atoms with E-state index in [4.69, 9.17) is 19.9 Å². The number of nitrogens with one attached hydrogen (secondary N) is 1. The third kappa shape index (κ3) is 8.82. The zero-order valence-electron chi connectivity index (χ0n) is 23.2. The Kier molecular flexibility index (Phi) is 11.8. The number of benzene rings is 1. The smallest absolute Gasteiger partial charge is 0.313 e.